The van der Waals surface area contributed by atoms with Crippen molar-refractivity contribution in [1.82, 2.24) is 10.2 Å². The number of hydrogen-bond donors (Lipinski definition) is 1. The van der Waals surface area contributed by atoms with Crippen LogP contribution in [0, 0.1) is 0 Å². The molecule has 1 aliphatic rings. The van der Waals surface area contributed by atoms with Crippen LogP contribution >= 0.6 is 12.2 Å². The van der Waals surface area contributed by atoms with Crippen LogP contribution in [0.3, 0.4) is 0 Å². The highest BCUT2D eigenvalue weighted by Crippen LogP contribution is 2.23. The summed E-state index contributed by atoms with van der Waals surface area (Å²) < 4.78 is 0. The first-order chi connectivity index (χ1) is 7.29. The lowest BCUT2D eigenvalue weighted by molar-refractivity contribution is 0.324. The number of hydrogen-bond acceptors (Lipinski definition) is 1. The summed E-state index contributed by atoms with van der Waals surface area (Å²) in [5, 5.41) is 4.34. The van der Waals surface area contributed by atoms with Gasteiger partial charge in [0.25, 0.3) is 0 Å². The third-order valence-electron chi connectivity index (χ3n) is 3.17. The van der Waals surface area contributed by atoms with Gasteiger partial charge in [0.2, 0.25) is 0 Å². The maximum absolute atomic E-state index is 5.44. The van der Waals surface area contributed by atoms with Crippen LogP contribution in [0.5, 0.6) is 0 Å². The molecule has 0 radical (unpaired) electrons. The maximum atomic E-state index is 5.44. The SMILES string of the molecule is CCCCNC(=S)N(CC)C1CCCC1. The zero-order chi connectivity index (χ0) is 11.1. The lowest BCUT2D eigenvalue weighted by Crippen LogP contribution is -2.45. The molecule has 0 atom stereocenters. The quantitative estimate of drug-likeness (QED) is 0.575. The Bertz CT molecular complexity index is 188. The smallest absolute Gasteiger partial charge is 0.169 e. The Morgan fingerprint density at radius 3 is 2.53 bits per heavy atom. The van der Waals surface area contributed by atoms with E-state index in [0.717, 1.165) is 18.2 Å². The average molecular weight is 228 g/mol. The fraction of sp³-hybridized carbons (Fsp3) is 0.917. The molecular weight excluding hydrogens is 204 g/mol. The predicted molar refractivity (Wildman–Crippen MR) is 70.1 cm³/mol. The zero-order valence-electron chi connectivity index (χ0n) is 10.1. The Hall–Kier alpha value is -0.310. The summed E-state index contributed by atoms with van der Waals surface area (Å²) in [4.78, 5) is 2.37. The molecule has 1 fully saturated rings. The Morgan fingerprint density at radius 1 is 1.33 bits per heavy atom. The molecule has 0 aromatic carbocycles. The van der Waals surface area contributed by atoms with Crippen LogP contribution in [0.1, 0.15) is 52.4 Å². The third kappa shape index (κ3) is 3.98. The van der Waals surface area contributed by atoms with Crippen molar-refractivity contribution >= 4 is 17.3 Å². The van der Waals surface area contributed by atoms with Gasteiger partial charge in [0.1, 0.15) is 0 Å². The lowest BCUT2D eigenvalue weighted by Gasteiger charge is -2.30. The summed E-state index contributed by atoms with van der Waals surface area (Å²) in [5.74, 6) is 0. The van der Waals surface area contributed by atoms with Gasteiger partial charge in [-0.25, -0.2) is 0 Å². The molecule has 0 aromatic heterocycles. The van der Waals surface area contributed by atoms with Crippen LogP contribution in [0.4, 0.5) is 0 Å². The Balaban J connectivity index is 2.32. The van der Waals surface area contributed by atoms with E-state index in [-0.39, 0.29) is 0 Å². The third-order valence-corrected chi connectivity index (χ3v) is 3.55. The van der Waals surface area contributed by atoms with Crippen LogP contribution in [0.15, 0.2) is 0 Å². The Kier molecular flexibility index (Phi) is 5.99. The molecule has 1 saturated carbocycles. The molecule has 1 rings (SSSR count). The molecule has 3 heteroatoms. The molecular formula is C12H24N2S. The molecule has 0 unspecified atom stereocenters. The molecule has 0 amide bonds. The summed E-state index contributed by atoms with van der Waals surface area (Å²) in [7, 11) is 0. The highest BCUT2D eigenvalue weighted by atomic mass is 32.1. The molecule has 0 saturated heterocycles. The molecule has 0 aromatic rings. The van der Waals surface area contributed by atoms with E-state index in [1.807, 2.05) is 0 Å². The number of nitrogens with zero attached hydrogens (tertiary/aromatic N) is 1. The van der Waals surface area contributed by atoms with Gasteiger partial charge >= 0.3 is 0 Å². The van der Waals surface area contributed by atoms with Crippen molar-refractivity contribution in [1.29, 1.82) is 0 Å². The molecule has 0 aliphatic heterocycles. The van der Waals surface area contributed by atoms with Gasteiger partial charge in [0.15, 0.2) is 5.11 Å². The highest BCUT2D eigenvalue weighted by Gasteiger charge is 2.22. The van der Waals surface area contributed by atoms with Gasteiger partial charge in [0, 0.05) is 19.1 Å². The van der Waals surface area contributed by atoms with Gasteiger partial charge in [-0.15, -0.1) is 0 Å². The van der Waals surface area contributed by atoms with Gasteiger partial charge in [-0.1, -0.05) is 26.2 Å². The fourth-order valence-corrected chi connectivity index (χ4v) is 2.64. The fourth-order valence-electron chi connectivity index (χ4n) is 2.26. The van der Waals surface area contributed by atoms with E-state index >= 15 is 0 Å². The molecule has 1 N–H and O–H groups in total. The Labute approximate surface area is 99.4 Å². The van der Waals surface area contributed by atoms with Crippen LogP contribution in [0.2, 0.25) is 0 Å². The molecule has 88 valence electrons. The van der Waals surface area contributed by atoms with E-state index < -0.39 is 0 Å². The number of thiocarbonyl (C=S) groups is 1. The van der Waals surface area contributed by atoms with Crippen LogP contribution < -0.4 is 5.32 Å². The Morgan fingerprint density at radius 2 is 2.00 bits per heavy atom. The van der Waals surface area contributed by atoms with Crippen LogP contribution in [-0.2, 0) is 0 Å². The van der Waals surface area contributed by atoms with Crippen molar-refractivity contribution in [2.24, 2.45) is 0 Å². The topological polar surface area (TPSA) is 15.3 Å². The monoisotopic (exact) mass is 228 g/mol. The van der Waals surface area contributed by atoms with Crippen molar-refractivity contribution in [2.75, 3.05) is 13.1 Å². The van der Waals surface area contributed by atoms with Crippen molar-refractivity contribution in [3.05, 3.63) is 0 Å². The molecule has 15 heavy (non-hydrogen) atoms. The molecule has 2 nitrogen and oxygen atoms in total. The summed E-state index contributed by atoms with van der Waals surface area (Å²) >= 11 is 5.44. The second kappa shape index (κ2) is 7.04. The minimum atomic E-state index is 0.705. The van der Waals surface area contributed by atoms with Gasteiger partial charge in [-0.2, -0.15) is 0 Å². The van der Waals surface area contributed by atoms with Gasteiger partial charge in [-0.05, 0) is 38.4 Å². The molecule has 0 spiro atoms. The summed E-state index contributed by atoms with van der Waals surface area (Å²) in [6, 6.07) is 0.705. The van der Waals surface area contributed by atoms with Crippen LogP contribution in [-0.4, -0.2) is 29.1 Å². The van der Waals surface area contributed by atoms with Crippen molar-refractivity contribution < 1.29 is 0 Å². The molecule has 1 aliphatic carbocycles. The highest BCUT2D eigenvalue weighted by molar-refractivity contribution is 7.80. The van der Waals surface area contributed by atoms with Crippen LogP contribution in [0.25, 0.3) is 0 Å². The van der Waals surface area contributed by atoms with E-state index in [2.05, 4.69) is 24.1 Å². The second-order valence-electron chi connectivity index (χ2n) is 4.31. The number of rotatable bonds is 5. The summed E-state index contributed by atoms with van der Waals surface area (Å²) in [6.07, 6.45) is 7.83. The second-order valence-corrected chi connectivity index (χ2v) is 4.70. The largest absolute Gasteiger partial charge is 0.363 e. The first-order valence-corrected chi connectivity index (χ1v) is 6.74. The van der Waals surface area contributed by atoms with Crippen molar-refractivity contribution in [3.8, 4) is 0 Å². The van der Waals surface area contributed by atoms with Crippen molar-refractivity contribution in [3.63, 3.8) is 0 Å². The van der Waals surface area contributed by atoms with Gasteiger partial charge < -0.3 is 10.2 Å². The lowest BCUT2D eigenvalue weighted by atomic mass is 10.2. The van der Waals surface area contributed by atoms with Gasteiger partial charge in [-0.3, -0.25) is 0 Å². The van der Waals surface area contributed by atoms with E-state index in [1.54, 1.807) is 0 Å². The minimum Gasteiger partial charge on any atom is -0.363 e. The van der Waals surface area contributed by atoms with E-state index in [9.17, 15) is 0 Å². The van der Waals surface area contributed by atoms with E-state index in [0.29, 0.717) is 6.04 Å². The summed E-state index contributed by atoms with van der Waals surface area (Å²) in [5.41, 5.74) is 0. The first-order valence-electron chi connectivity index (χ1n) is 6.34. The van der Waals surface area contributed by atoms with E-state index in [4.69, 9.17) is 12.2 Å². The zero-order valence-corrected chi connectivity index (χ0v) is 10.9. The normalized spacial score (nSPS) is 16.7. The van der Waals surface area contributed by atoms with E-state index in [1.165, 1.54) is 38.5 Å². The molecule has 0 bridgehead atoms. The predicted octanol–water partition coefficient (Wildman–Crippen LogP) is 2.93. The maximum Gasteiger partial charge on any atom is 0.169 e. The standard InChI is InChI=1S/C12H24N2S/c1-3-5-10-13-12(15)14(4-2)11-8-6-7-9-11/h11H,3-10H2,1-2H3,(H,13,15). The van der Waals surface area contributed by atoms with Crippen molar-refractivity contribution in [2.45, 2.75) is 58.4 Å². The molecule has 0 heterocycles. The average Bonchev–Trinajstić information content (AvgIpc) is 2.73. The first kappa shape index (κ1) is 12.8. The minimum absolute atomic E-state index is 0.705. The summed E-state index contributed by atoms with van der Waals surface area (Å²) in [6.45, 7) is 6.48. The number of nitrogens with one attached hydrogen (secondary N) is 1. The van der Waals surface area contributed by atoms with Gasteiger partial charge in [0.05, 0.1) is 0 Å². The number of unbranched alkanes of at least 4 members (excludes halogenated alkanes) is 1.